The molecule has 1 aliphatic heterocycles. The molecule has 0 aromatic heterocycles. The molecule has 5 heteroatoms. The first-order valence-corrected chi connectivity index (χ1v) is 5.61. The predicted molar refractivity (Wildman–Crippen MR) is 67.0 cm³/mol. The number of halogens is 3. The summed E-state index contributed by atoms with van der Waals surface area (Å²) in [5, 5.41) is 9.17. The highest BCUT2D eigenvalue weighted by atomic mass is 19.3. The molecule has 1 heterocycles. The van der Waals surface area contributed by atoms with Crippen LogP contribution in [0.4, 0.5) is 13.2 Å². The monoisotopic (exact) mass is 267 g/mol. The summed E-state index contributed by atoms with van der Waals surface area (Å²) in [5.41, 5.74) is 0.805. The van der Waals surface area contributed by atoms with Crippen LogP contribution in [-0.2, 0) is 0 Å². The second-order valence-corrected chi connectivity index (χ2v) is 4.07. The number of rotatable bonds is 3. The van der Waals surface area contributed by atoms with E-state index < -0.39 is 18.8 Å². The van der Waals surface area contributed by atoms with Gasteiger partial charge in [-0.05, 0) is 24.3 Å². The van der Waals surface area contributed by atoms with Gasteiger partial charge in [0.1, 0.15) is 11.6 Å². The minimum absolute atomic E-state index is 0.143. The fourth-order valence-corrected chi connectivity index (χ4v) is 1.89. The molecule has 0 amide bonds. The average Bonchev–Trinajstić information content (AvgIpc) is 2.32. The molecule has 2 rings (SSSR count). The van der Waals surface area contributed by atoms with Crippen LogP contribution in [0.2, 0.25) is 0 Å². The van der Waals surface area contributed by atoms with Crippen molar-refractivity contribution >= 4 is 5.70 Å². The van der Waals surface area contributed by atoms with Crippen LogP contribution in [0.3, 0.4) is 0 Å². The Labute approximate surface area is 108 Å². The third-order valence-electron chi connectivity index (χ3n) is 2.73. The number of hydrogen-bond donors (Lipinski definition) is 1. The lowest BCUT2D eigenvalue weighted by Crippen LogP contribution is -2.27. The Morgan fingerprint density at radius 3 is 2.68 bits per heavy atom. The minimum atomic E-state index is -2.56. The number of hydrogen-bond acceptors (Lipinski definition) is 2. The van der Waals surface area contributed by atoms with E-state index in [9.17, 15) is 18.3 Å². The first-order valence-electron chi connectivity index (χ1n) is 5.61. The number of benzene rings is 1. The standard InChI is InChI=1S/C14H12F3NO/c1-9-3-2-4-13(18(9)8-14(16)17)11-6-5-10(19)7-12(11)15/h2-7,14,19H,1,8H2. The van der Waals surface area contributed by atoms with Gasteiger partial charge in [-0.3, -0.25) is 0 Å². The van der Waals surface area contributed by atoms with E-state index in [0.717, 1.165) is 6.07 Å². The van der Waals surface area contributed by atoms with Gasteiger partial charge in [0, 0.05) is 17.3 Å². The van der Waals surface area contributed by atoms with Gasteiger partial charge in [0.15, 0.2) is 0 Å². The Hall–Kier alpha value is -2.17. The highest BCUT2D eigenvalue weighted by Gasteiger charge is 2.22. The highest BCUT2D eigenvalue weighted by Crippen LogP contribution is 2.30. The van der Waals surface area contributed by atoms with Gasteiger partial charge in [-0.2, -0.15) is 0 Å². The molecule has 100 valence electrons. The van der Waals surface area contributed by atoms with Crippen molar-refractivity contribution in [3.63, 3.8) is 0 Å². The maximum absolute atomic E-state index is 13.8. The van der Waals surface area contributed by atoms with Gasteiger partial charge < -0.3 is 10.0 Å². The van der Waals surface area contributed by atoms with Crippen LogP contribution in [0, 0.1) is 5.82 Å². The van der Waals surface area contributed by atoms with Crippen molar-refractivity contribution in [2.75, 3.05) is 6.54 Å². The quantitative estimate of drug-likeness (QED) is 0.905. The second kappa shape index (κ2) is 5.22. The van der Waals surface area contributed by atoms with Crippen LogP contribution in [0.15, 0.2) is 48.7 Å². The summed E-state index contributed by atoms with van der Waals surface area (Å²) in [6.45, 7) is 3.10. The van der Waals surface area contributed by atoms with Crippen LogP contribution in [-0.4, -0.2) is 23.0 Å². The summed E-state index contributed by atoms with van der Waals surface area (Å²) in [5.74, 6) is -0.888. The van der Waals surface area contributed by atoms with E-state index in [4.69, 9.17) is 0 Å². The fourth-order valence-electron chi connectivity index (χ4n) is 1.89. The highest BCUT2D eigenvalue weighted by molar-refractivity contribution is 5.70. The second-order valence-electron chi connectivity index (χ2n) is 4.07. The largest absolute Gasteiger partial charge is 0.508 e. The molecular formula is C14H12F3NO. The van der Waals surface area contributed by atoms with Crippen molar-refractivity contribution in [3.05, 3.63) is 60.1 Å². The molecule has 0 saturated carbocycles. The van der Waals surface area contributed by atoms with Gasteiger partial charge in [0.05, 0.1) is 12.2 Å². The van der Waals surface area contributed by atoms with Crippen molar-refractivity contribution in [2.24, 2.45) is 0 Å². The van der Waals surface area contributed by atoms with Crippen LogP contribution in [0.25, 0.3) is 5.70 Å². The Bertz CT molecular complexity index is 564. The van der Waals surface area contributed by atoms with Gasteiger partial charge in [0.2, 0.25) is 0 Å². The zero-order valence-electron chi connectivity index (χ0n) is 9.98. The summed E-state index contributed by atoms with van der Waals surface area (Å²) >= 11 is 0. The molecule has 0 atom stereocenters. The van der Waals surface area contributed by atoms with Crippen LogP contribution < -0.4 is 0 Å². The Morgan fingerprint density at radius 2 is 2.05 bits per heavy atom. The number of aromatic hydroxyl groups is 1. The summed E-state index contributed by atoms with van der Waals surface area (Å²) in [6.07, 6.45) is 2.16. The average molecular weight is 267 g/mol. The predicted octanol–water partition coefficient (Wildman–Crippen LogP) is 3.52. The molecule has 0 aliphatic carbocycles. The topological polar surface area (TPSA) is 23.5 Å². The molecule has 0 bridgehead atoms. The van der Waals surface area contributed by atoms with Crippen LogP contribution >= 0.6 is 0 Å². The Balaban J connectivity index is 2.42. The first kappa shape index (κ1) is 13.3. The van der Waals surface area contributed by atoms with Gasteiger partial charge in [0.25, 0.3) is 6.43 Å². The van der Waals surface area contributed by atoms with E-state index >= 15 is 0 Å². The van der Waals surface area contributed by atoms with E-state index in [1.165, 1.54) is 23.1 Å². The number of nitrogens with zero attached hydrogens (tertiary/aromatic N) is 1. The van der Waals surface area contributed by atoms with E-state index in [-0.39, 0.29) is 11.3 Å². The maximum Gasteiger partial charge on any atom is 0.256 e. The zero-order valence-corrected chi connectivity index (χ0v) is 9.98. The molecule has 0 saturated heterocycles. The van der Waals surface area contributed by atoms with Gasteiger partial charge in [-0.1, -0.05) is 12.7 Å². The fraction of sp³-hybridized carbons (Fsp3) is 0.143. The van der Waals surface area contributed by atoms with Crippen molar-refractivity contribution in [2.45, 2.75) is 6.43 Å². The number of allylic oxidation sites excluding steroid dienone is 3. The molecular weight excluding hydrogens is 255 g/mol. The molecule has 1 aliphatic rings. The zero-order chi connectivity index (χ0) is 14.0. The van der Waals surface area contributed by atoms with Gasteiger partial charge in [-0.15, -0.1) is 0 Å². The Kier molecular flexibility index (Phi) is 3.64. The van der Waals surface area contributed by atoms with E-state index in [1.54, 1.807) is 12.2 Å². The molecule has 19 heavy (non-hydrogen) atoms. The smallest absolute Gasteiger partial charge is 0.256 e. The molecule has 0 spiro atoms. The molecule has 1 N–H and O–H groups in total. The third kappa shape index (κ3) is 2.81. The number of phenols is 1. The van der Waals surface area contributed by atoms with E-state index in [2.05, 4.69) is 6.58 Å². The molecule has 1 aromatic rings. The van der Waals surface area contributed by atoms with Gasteiger partial charge in [-0.25, -0.2) is 13.2 Å². The van der Waals surface area contributed by atoms with Gasteiger partial charge >= 0.3 is 0 Å². The van der Waals surface area contributed by atoms with Crippen molar-refractivity contribution in [1.82, 2.24) is 4.90 Å². The number of alkyl halides is 2. The SMILES string of the molecule is C=C1C=CC=C(c2ccc(O)cc2F)N1CC(F)F. The molecule has 0 unspecified atom stereocenters. The van der Waals surface area contributed by atoms with E-state index in [1.807, 2.05) is 0 Å². The first-order chi connectivity index (χ1) is 8.99. The molecule has 2 nitrogen and oxygen atoms in total. The molecule has 0 radical (unpaired) electrons. The van der Waals surface area contributed by atoms with Crippen molar-refractivity contribution in [3.8, 4) is 5.75 Å². The summed E-state index contributed by atoms with van der Waals surface area (Å²) in [7, 11) is 0. The summed E-state index contributed by atoms with van der Waals surface area (Å²) in [4.78, 5) is 1.25. The van der Waals surface area contributed by atoms with Crippen LogP contribution in [0.1, 0.15) is 5.56 Å². The lowest BCUT2D eigenvalue weighted by Gasteiger charge is -2.30. The number of phenolic OH excluding ortho intramolecular Hbond substituents is 1. The van der Waals surface area contributed by atoms with Crippen molar-refractivity contribution < 1.29 is 18.3 Å². The molecule has 1 aromatic carbocycles. The lowest BCUT2D eigenvalue weighted by atomic mass is 10.1. The van der Waals surface area contributed by atoms with Crippen LogP contribution in [0.5, 0.6) is 5.75 Å². The normalized spacial score (nSPS) is 15.1. The van der Waals surface area contributed by atoms with Crippen molar-refractivity contribution in [1.29, 1.82) is 0 Å². The lowest BCUT2D eigenvalue weighted by molar-refractivity contribution is 0.123. The third-order valence-corrected chi connectivity index (χ3v) is 2.73. The Morgan fingerprint density at radius 1 is 1.32 bits per heavy atom. The summed E-state index contributed by atoms with van der Waals surface area (Å²) in [6, 6.07) is 3.60. The maximum atomic E-state index is 13.8. The minimum Gasteiger partial charge on any atom is -0.508 e. The summed E-state index contributed by atoms with van der Waals surface area (Å²) < 4.78 is 39.0. The van der Waals surface area contributed by atoms with E-state index in [0.29, 0.717) is 11.4 Å². The molecule has 0 fully saturated rings.